The zero-order valence-corrected chi connectivity index (χ0v) is 22.6. The highest BCUT2D eigenvalue weighted by Crippen LogP contribution is 2.26. The summed E-state index contributed by atoms with van der Waals surface area (Å²) in [6.45, 7) is 15.8. The van der Waals surface area contributed by atoms with Gasteiger partial charge in [0.05, 0.1) is 11.6 Å². The molecular weight excluding hydrogens is 472 g/mol. The van der Waals surface area contributed by atoms with E-state index >= 15 is 0 Å². The fraction of sp³-hybridized carbons (Fsp3) is 0.577. The maximum atomic E-state index is 12.8. The van der Waals surface area contributed by atoms with Crippen LogP contribution in [0.2, 0.25) is 0 Å². The second kappa shape index (κ2) is 12.6. The first-order valence-corrected chi connectivity index (χ1v) is 13.6. The molecule has 4 N–H and O–H groups in total. The van der Waals surface area contributed by atoms with E-state index < -0.39 is 0 Å². The Morgan fingerprint density at radius 1 is 1.17 bits per heavy atom. The average molecular weight is 513 g/mol. The summed E-state index contributed by atoms with van der Waals surface area (Å²) in [6.07, 6.45) is 0. The quantitative estimate of drug-likeness (QED) is 0.392. The molecule has 2 fully saturated rings. The molecule has 1 unspecified atom stereocenters. The Hall–Kier alpha value is -2.53. The van der Waals surface area contributed by atoms with Gasteiger partial charge in [0.25, 0.3) is 0 Å². The number of carbonyl (C=O) groups is 1. The van der Waals surface area contributed by atoms with Gasteiger partial charge in [-0.1, -0.05) is 13.8 Å². The zero-order chi connectivity index (χ0) is 25.5. The topological polar surface area (TPSA) is 87.8 Å². The number of aryl methyl sites for hydroxylation is 1. The summed E-state index contributed by atoms with van der Waals surface area (Å²) in [6, 6.07) is 8.23. The van der Waals surface area contributed by atoms with Crippen molar-refractivity contribution >= 4 is 45.6 Å². The molecule has 2 aliphatic rings. The molecule has 2 saturated heterocycles. The summed E-state index contributed by atoms with van der Waals surface area (Å²) < 4.78 is 0. The van der Waals surface area contributed by atoms with Crippen LogP contribution in [0.15, 0.2) is 24.3 Å². The molecule has 10 heteroatoms. The van der Waals surface area contributed by atoms with Crippen LogP contribution in [0, 0.1) is 6.92 Å². The SMILES string of the molecule is CCN(CC)CCNC(=S)Nc1ccc2nc(N3CCN(C(=O)C4CNCCN4)CC3)cc(C)c2c1. The van der Waals surface area contributed by atoms with Crippen molar-refractivity contribution in [2.45, 2.75) is 26.8 Å². The molecular formula is C26H40N8OS. The van der Waals surface area contributed by atoms with E-state index in [2.05, 4.69) is 64.0 Å². The van der Waals surface area contributed by atoms with Crippen molar-refractivity contribution in [3.63, 3.8) is 0 Å². The Kier molecular flexibility index (Phi) is 9.30. The first-order chi connectivity index (χ1) is 17.5. The first kappa shape index (κ1) is 26.5. The highest BCUT2D eigenvalue weighted by molar-refractivity contribution is 7.80. The number of fused-ring (bicyclic) bond motifs is 1. The minimum Gasteiger partial charge on any atom is -0.361 e. The third-order valence-corrected chi connectivity index (χ3v) is 7.37. The molecule has 0 bridgehead atoms. The van der Waals surface area contributed by atoms with Crippen molar-refractivity contribution in [1.82, 2.24) is 30.7 Å². The van der Waals surface area contributed by atoms with E-state index in [0.717, 1.165) is 87.9 Å². The van der Waals surface area contributed by atoms with E-state index in [-0.39, 0.29) is 11.9 Å². The maximum absolute atomic E-state index is 12.8. The number of nitrogens with one attached hydrogen (secondary N) is 4. The fourth-order valence-corrected chi connectivity index (χ4v) is 5.08. The fourth-order valence-electron chi connectivity index (χ4n) is 4.86. The molecule has 2 aliphatic heterocycles. The molecule has 2 aromatic rings. The predicted octanol–water partition coefficient (Wildman–Crippen LogP) is 1.38. The standard InChI is InChI=1S/C26H40N8OS/c1-4-32(5-2)11-10-29-26(36)30-20-6-7-22-21(17-20)19(3)16-24(31-22)33-12-14-34(15-13-33)25(35)23-18-27-8-9-28-23/h6-7,16-17,23,27-28H,4-5,8-15,18H2,1-3H3,(H2,29,30,36). The van der Waals surface area contributed by atoms with Gasteiger partial charge in [-0.2, -0.15) is 0 Å². The number of piperazine rings is 2. The van der Waals surface area contributed by atoms with Gasteiger partial charge in [0, 0.05) is 70.0 Å². The lowest BCUT2D eigenvalue weighted by molar-refractivity contribution is -0.133. The lowest BCUT2D eigenvalue weighted by Gasteiger charge is -2.38. The van der Waals surface area contributed by atoms with Crippen LogP contribution in [0.5, 0.6) is 0 Å². The van der Waals surface area contributed by atoms with Crippen LogP contribution < -0.4 is 26.2 Å². The number of aromatic nitrogens is 1. The molecule has 1 amide bonds. The van der Waals surface area contributed by atoms with Gasteiger partial charge in [-0.05, 0) is 62.1 Å². The van der Waals surface area contributed by atoms with Crippen molar-refractivity contribution in [3.8, 4) is 0 Å². The van der Waals surface area contributed by atoms with Crippen LogP contribution >= 0.6 is 12.2 Å². The average Bonchev–Trinajstić information content (AvgIpc) is 2.91. The van der Waals surface area contributed by atoms with Crippen molar-refractivity contribution in [3.05, 3.63) is 29.8 Å². The van der Waals surface area contributed by atoms with Crippen LogP contribution in [-0.2, 0) is 4.79 Å². The number of anilines is 2. The van der Waals surface area contributed by atoms with Gasteiger partial charge in [-0.15, -0.1) is 0 Å². The number of rotatable bonds is 8. The van der Waals surface area contributed by atoms with Crippen LogP contribution in [0.25, 0.3) is 10.9 Å². The van der Waals surface area contributed by atoms with E-state index in [0.29, 0.717) is 11.7 Å². The Labute approximate surface area is 220 Å². The molecule has 0 aliphatic carbocycles. The number of benzene rings is 1. The summed E-state index contributed by atoms with van der Waals surface area (Å²) in [5.74, 6) is 1.17. The third-order valence-electron chi connectivity index (χ3n) is 7.12. The van der Waals surface area contributed by atoms with Crippen LogP contribution in [0.3, 0.4) is 0 Å². The lowest BCUT2D eigenvalue weighted by atomic mass is 10.1. The third kappa shape index (κ3) is 6.61. The summed E-state index contributed by atoms with van der Waals surface area (Å²) in [5, 5.41) is 15.0. The van der Waals surface area contributed by atoms with Gasteiger partial charge in [0.2, 0.25) is 5.91 Å². The monoisotopic (exact) mass is 512 g/mol. The van der Waals surface area contributed by atoms with E-state index in [4.69, 9.17) is 17.2 Å². The van der Waals surface area contributed by atoms with Crippen molar-refractivity contribution in [2.75, 3.05) is 82.2 Å². The van der Waals surface area contributed by atoms with Crippen molar-refractivity contribution in [2.24, 2.45) is 0 Å². The molecule has 3 heterocycles. The molecule has 9 nitrogen and oxygen atoms in total. The predicted molar refractivity (Wildman–Crippen MR) is 152 cm³/mol. The second-order valence-electron chi connectivity index (χ2n) is 9.46. The molecule has 0 spiro atoms. The molecule has 0 radical (unpaired) electrons. The molecule has 196 valence electrons. The van der Waals surface area contributed by atoms with Gasteiger partial charge in [-0.25, -0.2) is 4.98 Å². The van der Waals surface area contributed by atoms with Gasteiger partial charge in [0.15, 0.2) is 5.11 Å². The molecule has 1 aromatic heterocycles. The Balaban J connectivity index is 1.34. The molecule has 1 aromatic carbocycles. The number of pyridine rings is 1. The van der Waals surface area contributed by atoms with E-state index in [1.807, 2.05) is 17.0 Å². The number of carbonyl (C=O) groups excluding carboxylic acids is 1. The van der Waals surface area contributed by atoms with Crippen LogP contribution in [0.4, 0.5) is 11.5 Å². The summed E-state index contributed by atoms with van der Waals surface area (Å²) >= 11 is 5.49. The molecule has 0 saturated carbocycles. The molecule has 4 rings (SSSR count). The lowest BCUT2D eigenvalue weighted by Crippen LogP contribution is -2.59. The number of thiocarbonyl (C=S) groups is 1. The summed E-state index contributed by atoms with van der Waals surface area (Å²) in [4.78, 5) is 24.4. The number of hydrogen-bond acceptors (Lipinski definition) is 7. The van der Waals surface area contributed by atoms with Crippen molar-refractivity contribution < 1.29 is 4.79 Å². The van der Waals surface area contributed by atoms with Gasteiger partial charge in [0.1, 0.15) is 5.82 Å². The van der Waals surface area contributed by atoms with Gasteiger partial charge in [-0.3, -0.25) is 4.79 Å². The van der Waals surface area contributed by atoms with Crippen LogP contribution in [-0.4, -0.2) is 104 Å². The summed E-state index contributed by atoms with van der Waals surface area (Å²) in [7, 11) is 0. The smallest absolute Gasteiger partial charge is 0.241 e. The Morgan fingerprint density at radius 3 is 2.64 bits per heavy atom. The van der Waals surface area contributed by atoms with Gasteiger partial charge < -0.3 is 36.0 Å². The number of amides is 1. The molecule has 36 heavy (non-hydrogen) atoms. The Morgan fingerprint density at radius 2 is 1.94 bits per heavy atom. The summed E-state index contributed by atoms with van der Waals surface area (Å²) in [5.41, 5.74) is 3.10. The molecule has 1 atom stereocenters. The van der Waals surface area contributed by atoms with E-state index in [9.17, 15) is 4.79 Å². The first-order valence-electron chi connectivity index (χ1n) is 13.1. The van der Waals surface area contributed by atoms with E-state index in [1.54, 1.807) is 0 Å². The maximum Gasteiger partial charge on any atom is 0.241 e. The highest BCUT2D eigenvalue weighted by atomic mass is 32.1. The van der Waals surface area contributed by atoms with Crippen molar-refractivity contribution in [1.29, 1.82) is 0 Å². The Bertz CT molecular complexity index is 1050. The minimum atomic E-state index is -0.111. The van der Waals surface area contributed by atoms with E-state index in [1.165, 1.54) is 5.56 Å². The normalized spacial score (nSPS) is 18.5. The minimum absolute atomic E-state index is 0.111. The van der Waals surface area contributed by atoms with Crippen LogP contribution in [0.1, 0.15) is 19.4 Å². The number of nitrogens with zero attached hydrogens (tertiary/aromatic N) is 4. The second-order valence-corrected chi connectivity index (χ2v) is 9.87. The van der Waals surface area contributed by atoms with Gasteiger partial charge >= 0.3 is 0 Å². The number of likely N-dealkylation sites (N-methyl/N-ethyl adjacent to an activating group) is 1. The zero-order valence-electron chi connectivity index (χ0n) is 21.8. The largest absolute Gasteiger partial charge is 0.361 e. The number of hydrogen-bond donors (Lipinski definition) is 4. The highest BCUT2D eigenvalue weighted by Gasteiger charge is 2.28.